The number of fused-ring (bicyclic) bond motifs is 4. The Morgan fingerprint density at radius 2 is 1.88 bits per heavy atom. The summed E-state index contributed by atoms with van der Waals surface area (Å²) in [5.41, 5.74) is 2.40. The van der Waals surface area contributed by atoms with Gasteiger partial charge < -0.3 is 9.47 Å². The van der Waals surface area contributed by atoms with Gasteiger partial charge in [-0.05, 0) is 13.0 Å². The monoisotopic (exact) mass is 336 g/mol. The van der Waals surface area contributed by atoms with Gasteiger partial charge in [0.15, 0.2) is 11.6 Å². The second-order valence-electron chi connectivity index (χ2n) is 7.10. The molecular formula is C20H20N2O3. The molecule has 2 heterocycles. The number of allylic oxidation sites excluding steroid dienone is 1. The quantitative estimate of drug-likeness (QED) is 0.803. The molecule has 2 aliphatic rings. The Morgan fingerprint density at radius 1 is 1.16 bits per heavy atom. The molecule has 0 fully saturated rings. The van der Waals surface area contributed by atoms with Gasteiger partial charge in [0.2, 0.25) is 0 Å². The highest BCUT2D eigenvalue weighted by Crippen LogP contribution is 2.40. The Labute approximate surface area is 145 Å². The number of aryl methyl sites for hydroxylation is 1. The lowest BCUT2D eigenvalue weighted by Crippen LogP contribution is -2.39. The van der Waals surface area contributed by atoms with Crippen molar-refractivity contribution in [3.8, 4) is 0 Å². The number of benzene rings is 1. The van der Waals surface area contributed by atoms with E-state index in [1.807, 2.05) is 54.0 Å². The summed E-state index contributed by atoms with van der Waals surface area (Å²) in [6.07, 6.45) is 2.02. The zero-order chi connectivity index (χ0) is 17.9. The maximum Gasteiger partial charge on any atom is 0.193 e. The number of carbonyl (C=O) groups is 3. The summed E-state index contributed by atoms with van der Waals surface area (Å²) in [5, 5.41) is 0.799. The summed E-state index contributed by atoms with van der Waals surface area (Å²) in [5.74, 6) is -0.816. The van der Waals surface area contributed by atoms with E-state index in [0.717, 1.165) is 10.9 Å². The maximum absolute atomic E-state index is 13.4. The topological polar surface area (TPSA) is 59.4 Å². The zero-order valence-electron chi connectivity index (χ0n) is 14.6. The first-order valence-electron chi connectivity index (χ1n) is 8.48. The van der Waals surface area contributed by atoms with Crippen molar-refractivity contribution in [3.05, 3.63) is 47.3 Å². The number of rotatable bonds is 1. The molecule has 0 unspecified atom stereocenters. The van der Waals surface area contributed by atoms with E-state index in [1.54, 1.807) is 6.92 Å². The first-order valence-corrected chi connectivity index (χ1v) is 8.48. The van der Waals surface area contributed by atoms with Gasteiger partial charge in [-0.25, -0.2) is 0 Å². The number of para-hydroxylation sites is 1. The van der Waals surface area contributed by atoms with Gasteiger partial charge in [-0.3, -0.25) is 14.4 Å². The maximum atomic E-state index is 13.4. The van der Waals surface area contributed by atoms with Crippen LogP contribution in [0.4, 0.5) is 0 Å². The van der Waals surface area contributed by atoms with Gasteiger partial charge in [-0.1, -0.05) is 18.2 Å². The van der Waals surface area contributed by atoms with Gasteiger partial charge in [0.1, 0.15) is 5.78 Å². The summed E-state index contributed by atoms with van der Waals surface area (Å²) >= 11 is 0. The molecule has 25 heavy (non-hydrogen) atoms. The summed E-state index contributed by atoms with van der Waals surface area (Å²) in [6, 6.07) is 7.58. The molecule has 1 aromatic heterocycles. The molecule has 1 aromatic carbocycles. The highest BCUT2D eigenvalue weighted by molar-refractivity contribution is 6.24. The standard InChI is InChI=1S/C20H20N2O3/c1-11(23)14-9-21(2)10-15-13(14)8-17(24)19-18(20(15)25)12-6-4-5-7-16(12)22(19)3/h4-7,10,13-14H,8-9H2,1-3H3/t13-,14+/m0/s1. The summed E-state index contributed by atoms with van der Waals surface area (Å²) in [7, 11) is 3.69. The van der Waals surface area contributed by atoms with Crippen molar-refractivity contribution in [2.45, 2.75) is 13.3 Å². The molecule has 0 saturated carbocycles. The van der Waals surface area contributed by atoms with Crippen LogP contribution in [0.2, 0.25) is 0 Å². The van der Waals surface area contributed by atoms with E-state index in [1.165, 1.54) is 0 Å². The minimum atomic E-state index is -0.333. The third kappa shape index (κ3) is 2.18. The Bertz CT molecular complexity index is 967. The van der Waals surface area contributed by atoms with Crippen LogP contribution in [0.15, 0.2) is 36.0 Å². The molecule has 0 amide bonds. The molecule has 0 radical (unpaired) electrons. The fourth-order valence-electron chi connectivity index (χ4n) is 4.32. The minimum absolute atomic E-state index is 0.0267. The van der Waals surface area contributed by atoms with E-state index in [9.17, 15) is 14.4 Å². The van der Waals surface area contributed by atoms with Gasteiger partial charge in [-0.15, -0.1) is 0 Å². The molecule has 2 atom stereocenters. The molecule has 4 rings (SSSR count). The molecule has 0 saturated heterocycles. The van der Waals surface area contributed by atoms with Gasteiger partial charge in [0.05, 0.1) is 11.3 Å². The van der Waals surface area contributed by atoms with Crippen LogP contribution in [-0.4, -0.2) is 40.4 Å². The number of hydrogen-bond acceptors (Lipinski definition) is 4. The predicted octanol–water partition coefficient (Wildman–Crippen LogP) is 2.60. The molecular weight excluding hydrogens is 316 g/mol. The number of aromatic nitrogens is 1. The second-order valence-corrected chi connectivity index (χ2v) is 7.10. The van der Waals surface area contributed by atoms with Crippen molar-refractivity contribution in [1.29, 1.82) is 0 Å². The number of Topliss-reactive ketones (excluding diaryl/α,β-unsaturated/α-hetero) is 3. The smallest absolute Gasteiger partial charge is 0.193 e. The van der Waals surface area contributed by atoms with E-state index < -0.39 is 0 Å². The molecule has 2 aromatic rings. The van der Waals surface area contributed by atoms with E-state index in [2.05, 4.69) is 0 Å². The van der Waals surface area contributed by atoms with E-state index in [-0.39, 0.29) is 35.6 Å². The van der Waals surface area contributed by atoms with Crippen molar-refractivity contribution in [2.75, 3.05) is 13.6 Å². The predicted molar refractivity (Wildman–Crippen MR) is 94.6 cm³/mol. The average Bonchev–Trinajstić information content (AvgIpc) is 2.82. The summed E-state index contributed by atoms with van der Waals surface area (Å²) < 4.78 is 1.81. The van der Waals surface area contributed by atoms with Gasteiger partial charge in [0.25, 0.3) is 0 Å². The number of ketones is 3. The second kappa shape index (κ2) is 5.41. The van der Waals surface area contributed by atoms with Gasteiger partial charge >= 0.3 is 0 Å². The van der Waals surface area contributed by atoms with Crippen molar-refractivity contribution in [2.24, 2.45) is 18.9 Å². The molecule has 128 valence electrons. The van der Waals surface area contributed by atoms with Crippen molar-refractivity contribution in [3.63, 3.8) is 0 Å². The molecule has 1 aliphatic heterocycles. The van der Waals surface area contributed by atoms with Gasteiger partial charge in [-0.2, -0.15) is 0 Å². The average molecular weight is 336 g/mol. The van der Waals surface area contributed by atoms with Crippen LogP contribution in [0.1, 0.15) is 34.2 Å². The Morgan fingerprint density at radius 3 is 2.60 bits per heavy atom. The Kier molecular flexibility index (Phi) is 3.42. The van der Waals surface area contributed by atoms with Crippen molar-refractivity contribution >= 4 is 28.3 Å². The van der Waals surface area contributed by atoms with Crippen LogP contribution in [0, 0.1) is 11.8 Å². The highest BCUT2D eigenvalue weighted by atomic mass is 16.1. The summed E-state index contributed by atoms with van der Waals surface area (Å²) in [4.78, 5) is 40.4. The third-order valence-electron chi connectivity index (χ3n) is 5.52. The highest BCUT2D eigenvalue weighted by Gasteiger charge is 2.42. The van der Waals surface area contributed by atoms with Crippen LogP contribution < -0.4 is 0 Å². The van der Waals surface area contributed by atoms with Crippen LogP contribution in [-0.2, 0) is 11.8 Å². The number of hydrogen-bond donors (Lipinski definition) is 0. The lowest BCUT2D eigenvalue weighted by Gasteiger charge is -2.34. The third-order valence-corrected chi connectivity index (χ3v) is 5.52. The molecule has 5 nitrogen and oxygen atoms in total. The Balaban J connectivity index is 1.99. The fourth-order valence-corrected chi connectivity index (χ4v) is 4.32. The summed E-state index contributed by atoms with van der Waals surface area (Å²) in [6.45, 7) is 2.09. The number of carbonyl (C=O) groups excluding carboxylic acids is 3. The lowest BCUT2D eigenvalue weighted by molar-refractivity contribution is -0.122. The lowest BCUT2D eigenvalue weighted by atomic mass is 9.77. The molecule has 0 N–H and O–H groups in total. The van der Waals surface area contributed by atoms with Crippen LogP contribution in [0.3, 0.4) is 0 Å². The van der Waals surface area contributed by atoms with Crippen molar-refractivity contribution in [1.82, 2.24) is 9.47 Å². The zero-order valence-corrected chi connectivity index (χ0v) is 14.6. The van der Waals surface area contributed by atoms with Crippen LogP contribution >= 0.6 is 0 Å². The van der Waals surface area contributed by atoms with Crippen LogP contribution in [0.5, 0.6) is 0 Å². The molecule has 5 heteroatoms. The Hall–Kier alpha value is -2.69. The molecule has 1 aliphatic carbocycles. The van der Waals surface area contributed by atoms with Gasteiger partial charge in [0, 0.05) is 61.6 Å². The minimum Gasteiger partial charge on any atom is -0.379 e. The van der Waals surface area contributed by atoms with E-state index >= 15 is 0 Å². The van der Waals surface area contributed by atoms with Crippen molar-refractivity contribution < 1.29 is 14.4 Å². The first kappa shape index (κ1) is 15.8. The molecule has 0 bridgehead atoms. The largest absolute Gasteiger partial charge is 0.379 e. The molecule has 0 spiro atoms. The normalized spacial score (nSPS) is 23.2. The first-order chi connectivity index (χ1) is 11.9. The number of nitrogens with zero attached hydrogens (tertiary/aromatic N) is 2. The van der Waals surface area contributed by atoms with E-state index in [0.29, 0.717) is 23.4 Å². The van der Waals surface area contributed by atoms with Crippen LogP contribution in [0.25, 0.3) is 10.9 Å². The fraction of sp³-hybridized carbons (Fsp3) is 0.350. The SMILES string of the molecule is CC(=O)[C@H]1CN(C)C=C2C(=O)c3c(n(C)c4ccccc34)C(=O)C[C@H]21. The van der Waals surface area contributed by atoms with E-state index in [4.69, 9.17) is 0 Å².